The SMILES string of the molecule is COc1cccc(C=C2SC(=S)N(CCN3CCOCC3)C2=O)c1. The third-order valence-electron chi connectivity index (χ3n) is 4.01. The Hall–Kier alpha value is -1.41. The second-order valence-electron chi connectivity index (χ2n) is 5.56. The average molecular weight is 364 g/mol. The van der Waals surface area contributed by atoms with E-state index >= 15 is 0 Å². The Morgan fingerprint density at radius 3 is 2.88 bits per heavy atom. The number of ether oxygens (including phenoxy) is 2. The maximum absolute atomic E-state index is 12.6. The molecule has 0 N–H and O–H groups in total. The lowest BCUT2D eigenvalue weighted by Crippen LogP contribution is -2.42. The Morgan fingerprint density at radius 2 is 2.12 bits per heavy atom. The molecule has 1 aromatic carbocycles. The van der Waals surface area contributed by atoms with Crippen molar-refractivity contribution in [3.05, 3.63) is 34.7 Å². The number of carbonyl (C=O) groups excluding carboxylic acids is 1. The Kier molecular flexibility index (Phi) is 5.89. The van der Waals surface area contributed by atoms with E-state index in [1.54, 1.807) is 12.0 Å². The fourth-order valence-corrected chi connectivity index (χ4v) is 3.95. The number of nitrogens with zero attached hydrogens (tertiary/aromatic N) is 2. The highest BCUT2D eigenvalue weighted by molar-refractivity contribution is 8.26. The third kappa shape index (κ3) is 4.16. The van der Waals surface area contributed by atoms with Crippen molar-refractivity contribution >= 4 is 40.3 Å². The number of morpholine rings is 1. The van der Waals surface area contributed by atoms with Crippen LogP contribution in [0.15, 0.2) is 29.2 Å². The first-order chi connectivity index (χ1) is 11.7. The molecule has 2 aliphatic rings. The van der Waals surface area contributed by atoms with Crippen LogP contribution < -0.4 is 4.74 Å². The summed E-state index contributed by atoms with van der Waals surface area (Å²) in [5, 5.41) is 0. The molecular formula is C17H20N2O3S2. The number of methoxy groups -OCH3 is 1. The maximum atomic E-state index is 12.6. The summed E-state index contributed by atoms with van der Waals surface area (Å²) in [7, 11) is 1.63. The van der Waals surface area contributed by atoms with Gasteiger partial charge >= 0.3 is 0 Å². The minimum atomic E-state index is -0.0129. The number of thioether (sulfide) groups is 1. The number of benzene rings is 1. The van der Waals surface area contributed by atoms with Gasteiger partial charge in [0, 0.05) is 26.2 Å². The molecule has 1 aromatic rings. The quantitative estimate of drug-likeness (QED) is 0.590. The zero-order chi connectivity index (χ0) is 16.9. The van der Waals surface area contributed by atoms with E-state index in [0.29, 0.717) is 15.8 Å². The van der Waals surface area contributed by atoms with E-state index < -0.39 is 0 Å². The number of amides is 1. The first-order valence-corrected chi connectivity index (χ1v) is 9.09. The molecule has 0 unspecified atom stereocenters. The first kappa shape index (κ1) is 17.4. The van der Waals surface area contributed by atoms with E-state index in [4.69, 9.17) is 21.7 Å². The summed E-state index contributed by atoms with van der Waals surface area (Å²) >= 11 is 6.75. The molecule has 2 saturated heterocycles. The summed E-state index contributed by atoms with van der Waals surface area (Å²) in [5.41, 5.74) is 0.933. The number of thiocarbonyl (C=S) groups is 1. The van der Waals surface area contributed by atoms with E-state index in [-0.39, 0.29) is 5.91 Å². The molecule has 7 heteroatoms. The molecule has 0 spiro atoms. The first-order valence-electron chi connectivity index (χ1n) is 7.87. The van der Waals surface area contributed by atoms with Gasteiger partial charge in [-0.25, -0.2) is 0 Å². The van der Waals surface area contributed by atoms with Crippen molar-refractivity contribution in [2.24, 2.45) is 0 Å². The second kappa shape index (κ2) is 8.11. The van der Waals surface area contributed by atoms with Crippen LogP contribution in [0.5, 0.6) is 5.75 Å². The van der Waals surface area contributed by atoms with Crippen LogP contribution in [0.3, 0.4) is 0 Å². The van der Waals surface area contributed by atoms with Crippen LogP contribution >= 0.6 is 24.0 Å². The van der Waals surface area contributed by atoms with Gasteiger partial charge in [0.25, 0.3) is 5.91 Å². The predicted molar refractivity (Wildman–Crippen MR) is 100 cm³/mol. The smallest absolute Gasteiger partial charge is 0.266 e. The van der Waals surface area contributed by atoms with E-state index in [0.717, 1.165) is 44.2 Å². The zero-order valence-corrected chi connectivity index (χ0v) is 15.2. The van der Waals surface area contributed by atoms with Crippen molar-refractivity contribution in [1.82, 2.24) is 9.80 Å². The summed E-state index contributed by atoms with van der Waals surface area (Å²) in [6.45, 7) is 4.79. The third-order valence-corrected chi connectivity index (χ3v) is 5.39. The van der Waals surface area contributed by atoms with Crippen molar-refractivity contribution in [3.8, 4) is 5.75 Å². The molecule has 128 valence electrons. The molecule has 5 nitrogen and oxygen atoms in total. The fourth-order valence-electron chi connectivity index (χ4n) is 2.64. The number of rotatable bonds is 5. The maximum Gasteiger partial charge on any atom is 0.266 e. The molecule has 0 atom stereocenters. The zero-order valence-electron chi connectivity index (χ0n) is 13.6. The topological polar surface area (TPSA) is 42.0 Å². The Morgan fingerprint density at radius 1 is 1.33 bits per heavy atom. The van der Waals surface area contributed by atoms with Crippen LogP contribution in [0.2, 0.25) is 0 Å². The van der Waals surface area contributed by atoms with E-state index in [1.165, 1.54) is 11.8 Å². The molecule has 3 rings (SSSR count). The molecule has 2 aliphatic heterocycles. The molecule has 0 saturated carbocycles. The number of carbonyl (C=O) groups is 1. The van der Waals surface area contributed by atoms with Gasteiger partial charge in [0.2, 0.25) is 0 Å². The van der Waals surface area contributed by atoms with Gasteiger partial charge in [-0.2, -0.15) is 0 Å². The van der Waals surface area contributed by atoms with Gasteiger partial charge in [-0.15, -0.1) is 0 Å². The van der Waals surface area contributed by atoms with Gasteiger partial charge in [-0.1, -0.05) is 36.1 Å². The largest absolute Gasteiger partial charge is 0.497 e. The molecular weight excluding hydrogens is 344 g/mol. The summed E-state index contributed by atoms with van der Waals surface area (Å²) in [6, 6.07) is 7.64. The van der Waals surface area contributed by atoms with Gasteiger partial charge in [-0.05, 0) is 23.8 Å². The van der Waals surface area contributed by atoms with Crippen LogP contribution in [0.4, 0.5) is 0 Å². The molecule has 2 heterocycles. The lowest BCUT2D eigenvalue weighted by molar-refractivity contribution is -0.122. The van der Waals surface area contributed by atoms with Gasteiger partial charge in [-0.3, -0.25) is 14.6 Å². The monoisotopic (exact) mass is 364 g/mol. The molecule has 0 radical (unpaired) electrons. The van der Waals surface area contributed by atoms with Gasteiger partial charge in [0.05, 0.1) is 25.2 Å². The summed E-state index contributed by atoms with van der Waals surface area (Å²) in [4.78, 5) is 17.3. The minimum absolute atomic E-state index is 0.0129. The molecule has 0 aliphatic carbocycles. The highest BCUT2D eigenvalue weighted by Crippen LogP contribution is 2.32. The lowest BCUT2D eigenvalue weighted by atomic mass is 10.2. The Labute approximate surface area is 151 Å². The van der Waals surface area contributed by atoms with E-state index in [1.807, 2.05) is 30.3 Å². The van der Waals surface area contributed by atoms with Gasteiger partial charge in [0.15, 0.2) is 0 Å². The number of hydrogen-bond donors (Lipinski definition) is 0. The van der Waals surface area contributed by atoms with Crippen molar-refractivity contribution < 1.29 is 14.3 Å². The summed E-state index contributed by atoms with van der Waals surface area (Å²) in [6.07, 6.45) is 1.87. The van der Waals surface area contributed by atoms with Crippen molar-refractivity contribution in [2.45, 2.75) is 0 Å². The molecule has 24 heavy (non-hydrogen) atoms. The second-order valence-corrected chi connectivity index (χ2v) is 7.24. The van der Waals surface area contributed by atoms with Crippen molar-refractivity contribution in [2.75, 3.05) is 46.5 Å². The number of hydrogen-bond acceptors (Lipinski definition) is 6. The normalized spacial score (nSPS) is 20.9. The molecule has 0 bridgehead atoms. The van der Waals surface area contributed by atoms with Crippen LogP contribution in [-0.2, 0) is 9.53 Å². The van der Waals surface area contributed by atoms with E-state index in [9.17, 15) is 4.79 Å². The van der Waals surface area contributed by atoms with Crippen LogP contribution in [0, 0.1) is 0 Å². The predicted octanol–water partition coefficient (Wildman–Crippen LogP) is 2.23. The molecule has 1 amide bonds. The van der Waals surface area contributed by atoms with E-state index in [2.05, 4.69) is 4.90 Å². The Bertz CT molecular complexity index is 657. The van der Waals surface area contributed by atoms with Crippen molar-refractivity contribution in [3.63, 3.8) is 0 Å². The van der Waals surface area contributed by atoms with Crippen LogP contribution in [0.25, 0.3) is 6.08 Å². The van der Waals surface area contributed by atoms with Gasteiger partial charge in [0.1, 0.15) is 10.1 Å². The van der Waals surface area contributed by atoms with Crippen LogP contribution in [-0.4, -0.2) is 66.5 Å². The van der Waals surface area contributed by atoms with Crippen LogP contribution in [0.1, 0.15) is 5.56 Å². The minimum Gasteiger partial charge on any atom is -0.497 e. The average Bonchev–Trinajstić information content (AvgIpc) is 2.87. The standard InChI is InChI=1S/C17H20N2O3S2/c1-21-14-4-2-3-13(11-14)12-15-16(20)19(17(23)24-15)6-5-18-7-9-22-10-8-18/h2-4,11-12H,5-10H2,1H3. The highest BCUT2D eigenvalue weighted by atomic mass is 32.2. The van der Waals surface area contributed by atoms with Crippen molar-refractivity contribution in [1.29, 1.82) is 0 Å². The molecule has 0 aromatic heterocycles. The Balaban J connectivity index is 1.65. The lowest BCUT2D eigenvalue weighted by Gasteiger charge is -2.28. The molecule has 2 fully saturated rings. The summed E-state index contributed by atoms with van der Waals surface area (Å²) < 4.78 is 11.2. The summed E-state index contributed by atoms with van der Waals surface area (Å²) in [5.74, 6) is 0.757. The van der Waals surface area contributed by atoms with Gasteiger partial charge < -0.3 is 9.47 Å². The highest BCUT2D eigenvalue weighted by Gasteiger charge is 2.32. The fraction of sp³-hybridized carbons (Fsp3) is 0.412.